The van der Waals surface area contributed by atoms with Crippen LogP contribution in [0.15, 0.2) is 12.1 Å². The molecule has 0 aliphatic heterocycles. The fourth-order valence-electron chi connectivity index (χ4n) is 5.60. The number of fused-ring (bicyclic) bond motifs is 2. The number of phenols is 1. The Kier molecular flexibility index (Phi) is 16.8. The molecule has 2 aromatic rings. The molecule has 0 spiro atoms. The molecule has 0 heterocycles. The van der Waals surface area contributed by atoms with Gasteiger partial charge in [-0.2, -0.15) is 0 Å². The van der Waals surface area contributed by atoms with Gasteiger partial charge in [0.1, 0.15) is 0 Å². The van der Waals surface area contributed by atoms with Crippen molar-refractivity contribution in [1.82, 2.24) is 0 Å². The summed E-state index contributed by atoms with van der Waals surface area (Å²) in [4.78, 5) is 28.8. The number of carbonyl (C=O) groups excluding carboxylic acids is 2. The van der Waals surface area contributed by atoms with Gasteiger partial charge in [0.25, 0.3) is 0 Å². The van der Waals surface area contributed by atoms with Crippen LogP contribution in [0.3, 0.4) is 0 Å². The molecule has 8 nitrogen and oxygen atoms in total. The SMILES string of the molecule is CCCCCOc1cc2c(c(O)c1OCCCCC)C(=O)c1cc(OCCCCC)c(OCCCCC)c(OCCCCC)c1C2=O. The standard InChI is InChI=1S/C39H58O8/c1-6-11-16-21-43-30-26-28-32(36(42)37(30)45-23-18-13-8-3)34(40)29-27-31(44-22-17-12-7-2)38(46-24-19-14-9-4)39(33(29)35(28)41)47-25-20-15-10-5/h26-27,42H,6-25H2,1-5H3. The minimum Gasteiger partial charge on any atom is -0.504 e. The summed E-state index contributed by atoms with van der Waals surface area (Å²) in [5.41, 5.74) is 0.249. The van der Waals surface area contributed by atoms with E-state index in [4.69, 9.17) is 23.7 Å². The second-order valence-corrected chi connectivity index (χ2v) is 12.4. The highest BCUT2D eigenvalue weighted by molar-refractivity contribution is 6.31. The molecule has 0 amide bonds. The van der Waals surface area contributed by atoms with Gasteiger partial charge >= 0.3 is 0 Å². The molecule has 2 aromatic carbocycles. The first-order chi connectivity index (χ1) is 22.9. The van der Waals surface area contributed by atoms with Gasteiger partial charge in [-0.05, 0) is 44.2 Å². The number of ether oxygens (including phenoxy) is 5. The largest absolute Gasteiger partial charge is 0.504 e. The lowest BCUT2D eigenvalue weighted by Crippen LogP contribution is -2.24. The summed E-state index contributed by atoms with van der Waals surface area (Å²) in [7, 11) is 0. The molecule has 1 N–H and O–H groups in total. The Bertz CT molecular complexity index is 1280. The van der Waals surface area contributed by atoms with Gasteiger partial charge in [0.15, 0.2) is 34.6 Å². The van der Waals surface area contributed by atoms with Crippen molar-refractivity contribution in [1.29, 1.82) is 0 Å². The molecule has 0 aromatic heterocycles. The highest BCUT2D eigenvalue weighted by atomic mass is 16.5. The number of unbranched alkanes of at least 4 members (excludes halogenated alkanes) is 10. The molecule has 0 radical (unpaired) electrons. The van der Waals surface area contributed by atoms with Crippen LogP contribution in [-0.4, -0.2) is 49.7 Å². The first kappa shape index (κ1) is 38.0. The van der Waals surface area contributed by atoms with Crippen molar-refractivity contribution in [2.45, 2.75) is 131 Å². The Hall–Kier alpha value is -3.42. The molecule has 0 saturated heterocycles. The van der Waals surface area contributed by atoms with Crippen LogP contribution in [0.4, 0.5) is 0 Å². The molecular formula is C39H58O8. The van der Waals surface area contributed by atoms with Crippen LogP contribution in [-0.2, 0) is 0 Å². The number of ketones is 2. The van der Waals surface area contributed by atoms with E-state index in [9.17, 15) is 14.7 Å². The highest BCUT2D eigenvalue weighted by Crippen LogP contribution is 2.50. The Morgan fingerprint density at radius 3 is 1.23 bits per heavy atom. The molecule has 262 valence electrons. The summed E-state index contributed by atoms with van der Waals surface area (Å²) < 4.78 is 31.0. The average molecular weight is 655 g/mol. The maximum absolute atomic E-state index is 14.5. The third kappa shape index (κ3) is 10.3. The molecule has 1 aliphatic rings. The average Bonchev–Trinajstić information content (AvgIpc) is 3.07. The zero-order valence-corrected chi connectivity index (χ0v) is 29.6. The summed E-state index contributed by atoms with van der Waals surface area (Å²) in [6.07, 6.45) is 14.1. The van der Waals surface area contributed by atoms with Crippen LogP contribution in [0.1, 0.15) is 163 Å². The van der Waals surface area contributed by atoms with Crippen LogP contribution in [0.5, 0.6) is 34.5 Å². The maximum Gasteiger partial charge on any atom is 0.204 e. The summed E-state index contributed by atoms with van der Waals surface area (Å²) in [6, 6.07) is 3.14. The fourth-order valence-corrected chi connectivity index (χ4v) is 5.60. The van der Waals surface area contributed by atoms with E-state index in [2.05, 4.69) is 34.6 Å². The quantitative estimate of drug-likeness (QED) is 0.0901. The first-order valence-electron chi connectivity index (χ1n) is 18.3. The van der Waals surface area contributed by atoms with E-state index in [0.29, 0.717) is 44.5 Å². The molecule has 0 atom stereocenters. The van der Waals surface area contributed by atoms with Gasteiger partial charge in [0.05, 0.1) is 44.2 Å². The Morgan fingerprint density at radius 1 is 0.447 bits per heavy atom. The predicted octanol–water partition coefficient (Wildman–Crippen LogP) is 10.0. The summed E-state index contributed by atoms with van der Waals surface area (Å²) in [5.74, 6) is 0.0318. The van der Waals surface area contributed by atoms with Crippen molar-refractivity contribution in [2.24, 2.45) is 0 Å². The van der Waals surface area contributed by atoms with E-state index in [-0.39, 0.29) is 45.3 Å². The predicted molar refractivity (Wildman–Crippen MR) is 187 cm³/mol. The minimum atomic E-state index is -0.489. The second kappa shape index (κ2) is 20.7. The third-order valence-corrected chi connectivity index (χ3v) is 8.36. The lowest BCUT2D eigenvalue weighted by molar-refractivity contribution is 0.0969. The molecule has 1 aliphatic carbocycles. The molecule has 0 bridgehead atoms. The monoisotopic (exact) mass is 654 g/mol. The van der Waals surface area contributed by atoms with Crippen molar-refractivity contribution in [3.63, 3.8) is 0 Å². The molecule has 3 rings (SSSR count). The van der Waals surface area contributed by atoms with Gasteiger partial charge in [0.2, 0.25) is 11.5 Å². The van der Waals surface area contributed by atoms with Crippen molar-refractivity contribution < 1.29 is 38.4 Å². The lowest BCUT2D eigenvalue weighted by Gasteiger charge is -2.26. The van der Waals surface area contributed by atoms with Gasteiger partial charge in [-0.3, -0.25) is 9.59 Å². The summed E-state index contributed by atoms with van der Waals surface area (Å²) in [6.45, 7) is 12.6. The number of hydrogen-bond acceptors (Lipinski definition) is 8. The van der Waals surface area contributed by atoms with E-state index < -0.39 is 11.6 Å². The van der Waals surface area contributed by atoms with Crippen molar-refractivity contribution in [3.8, 4) is 34.5 Å². The van der Waals surface area contributed by atoms with E-state index in [1.54, 1.807) is 12.1 Å². The van der Waals surface area contributed by atoms with E-state index in [1.165, 1.54) is 0 Å². The number of hydrogen-bond donors (Lipinski definition) is 1. The van der Waals surface area contributed by atoms with E-state index in [1.807, 2.05) is 0 Å². The van der Waals surface area contributed by atoms with Crippen molar-refractivity contribution in [2.75, 3.05) is 33.0 Å². The molecule has 8 heteroatoms. The minimum absolute atomic E-state index is 0.0679. The van der Waals surface area contributed by atoms with Crippen LogP contribution in [0.25, 0.3) is 0 Å². The van der Waals surface area contributed by atoms with Crippen LogP contribution < -0.4 is 23.7 Å². The Labute approximate surface area is 282 Å². The van der Waals surface area contributed by atoms with E-state index in [0.717, 1.165) is 96.3 Å². The molecule has 0 fully saturated rings. The normalized spacial score (nSPS) is 12.1. The zero-order chi connectivity index (χ0) is 34.0. The van der Waals surface area contributed by atoms with Gasteiger partial charge in [-0.15, -0.1) is 0 Å². The smallest absolute Gasteiger partial charge is 0.204 e. The van der Waals surface area contributed by atoms with Crippen LogP contribution in [0, 0.1) is 0 Å². The molecule has 0 unspecified atom stereocenters. The van der Waals surface area contributed by atoms with E-state index >= 15 is 0 Å². The molecule has 47 heavy (non-hydrogen) atoms. The summed E-state index contributed by atoms with van der Waals surface area (Å²) >= 11 is 0. The Morgan fingerprint density at radius 2 is 0.787 bits per heavy atom. The van der Waals surface area contributed by atoms with Gasteiger partial charge in [0, 0.05) is 11.1 Å². The second-order valence-electron chi connectivity index (χ2n) is 12.4. The first-order valence-corrected chi connectivity index (χ1v) is 18.3. The van der Waals surface area contributed by atoms with Crippen molar-refractivity contribution >= 4 is 11.6 Å². The molecular weight excluding hydrogens is 596 g/mol. The highest BCUT2D eigenvalue weighted by Gasteiger charge is 2.40. The molecule has 0 saturated carbocycles. The third-order valence-electron chi connectivity index (χ3n) is 8.36. The number of aromatic hydroxyl groups is 1. The number of rotatable bonds is 25. The topological polar surface area (TPSA) is 101 Å². The summed E-state index contributed by atoms with van der Waals surface area (Å²) in [5, 5.41) is 11.6. The zero-order valence-electron chi connectivity index (χ0n) is 29.6. The van der Waals surface area contributed by atoms with Crippen LogP contribution >= 0.6 is 0 Å². The van der Waals surface area contributed by atoms with Crippen LogP contribution in [0.2, 0.25) is 0 Å². The maximum atomic E-state index is 14.5. The fraction of sp³-hybridized carbons (Fsp3) is 0.641. The number of carbonyl (C=O) groups is 2. The number of phenolic OH excluding ortho intramolecular Hbond substituents is 1. The Balaban J connectivity index is 2.17. The van der Waals surface area contributed by atoms with Gasteiger partial charge in [-0.25, -0.2) is 0 Å². The lowest BCUT2D eigenvalue weighted by atomic mass is 9.82. The van der Waals surface area contributed by atoms with Crippen molar-refractivity contribution in [3.05, 3.63) is 34.4 Å². The van der Waals surface area contributed by atoms with Gasteiger partial charge < -0.3 is 28.8 Å². The van der Waals surface area contributed by atoms with Gasteiger partial charge in [-0.1, -0.05) is 98.8 Å². The number of benzene rings is 2.